The van der Waals surface area contributed by atoms with Gasteiger partial charge in [-0.2, -0.15) is 0 Å². The maximum atomic E-state index is 11.7. The molecule has 1 amide bonds. The van der Waals surface area contributed by atoms with Gasteiger partial charge in [-0.25, -0.2) is 4.79 Å². The molecule has 17 heavy (non-hydrogen) atoms. The molecule has 0 bridgehead atoms. The number of hydrogen-bond acceptors (Lipinski definition) is 3. The fourth-order valence-corrected chi connectivity index (χ4v) is 1.55. The summed E-state index contributed by atoms with van der Waals surface area (Å²) in [4.78, 5) is 22.3. The minimum absolute atomic E-state index is 0.178. The standard InChI is InChI=1S/C11H12ClNO4/c1-6-2-3-7(8(12)4-6)10(15)13-9(5-14)11(16)17/h2-4,9,14H,5H2,1H3,(H,13,15)(H,16,17)/t9-/m1/s1. The Kier molecular flexibility index (Phi) is 4.48. The highest BCUT2D eigenvalue weighted by molar-refractivity contribution is 6.33. The average molecular weight is 258 g/mol. The van der Waals surface area contributed by atoms with Crippen molar-refractivity contribution in [3.63, 3.8) is 0 Å². The van der Waals surface area contributed by atoms with E-state index in [2.05, 4.69) is 5.32 Å². The zero-order valence-electron chi connectivity index (χ0n) is 9.11. The molecule has 6 heteroatoms. The molecule has 0 saturated carbocycles. The minimum atomic E-state index is -1.33. The summed E-state index contributed by atoms with van der Waals surface area (Å²) in [5.74, 6) is -1.93. The summed E-state index contributed by atoms with van der Waals surface area (Å²) in [5.41, 5.74) is 1.07. The molecule has 92 valence electrons. The Balaban J connectivity index is 2.86. The fourth-order valence-electron chi connectivity index (χ4n) is 1.23. The summed E-state index contributed by atoms with van der Waals surface area (Å²) in [6.45, 7) is 1.14. The highest BCUT2D eigenvalue weighted by Gasteiger charge is 2.20. The van der Waals surface area contributed by atoms with Gasteiger partial charge in [-0.1, -0.05) is 17.7 Å². The monoisotopic (exact) mass is 257 g/mol. The van der Waals surface area contributed by atoms with Crippen molar-refractivity contribution in [1.82, 2.24) is 5.32 Å². The maximum Gasteiger partial charge on any atom is 0.328 e. The van der Waals surface area contributed by atoms with E-state index in [4.69, 9.17) is 21.8 Å². The lowest BCUT2D eigenvalue weighted by Gasteiger charge is -2.12. The molecule has 0 aliphatic rings. The number of carboxylic acids is 1. The first-order chi connectivity index (χ1) is 7.95. The number of aryl methyl sites for hydroxylation is 1. The number of aliphatic carboxylic acids is 1. The van der Waals surface area contributed by atoms with Gasteiger partial charge in [-0.15, -0.1) is 0 Å². The average Bonchev–Trinajstić information content (AvgIpc) is 2.24. The Hall–Kier alpha value is -1.59. The number of carbonyl (C=O) groups is 2. The van der Waals surface area contributed by atoms with Crippen molar-refractivity contribution in [3.05, 3.63) is 34.3 Å². The molecule has 0 heterocycles. The van der Waals surface area contributed by atoms with Crippen molar-refractivity contribution in [2.45, 2.75) is 13.0 Å². The summed E-state index contributed by atoms with van der Waals surface area (Å²) in [7, 11) is 0. The predicted octanol–water partition coefficient (Wildman–Crippen LogP) is 0.824. The molecule has 0 aliphatic carbocycles. The van der Waals surface area contributed by atoms with Crippen LogP contribution in [0.2, 0.25) is 5.02 Å². The highest BCUT2D eigenvalue weighted by Crippen LogP contribution is 2.17. The molecule has 3 N–H and O–H groups in total. The second-order valence-corrected chi connectivity index (χ2v) is 3.94. The van der Waals surface area contributed by atoms with Gasteiger partial charge < -0.3 is 15.5 Å². The molecule has 0 aliphatic heterocycles. The van der Waals surface area contributed by atoms with Crippen molar-refractivity contribution in [2.75, 3.05) is 6.61 Å². The molecule has 0 radical (unpaired) electrons. The van der Waals surface area contributed by atoms with E-state index in [9.17, 15) is 9.59 Å². The zero-order valence-corrected chi connectivity index (χ0v) is 9.86. The maximum absolute atomic E-state index is 11.7. The molecule has 0 fully saturated rings. The normalized spacial score (nSPS) is 11.9. The van der Waals surface area contributed by atoms with E-state index in [1.165, 1.54) is 6.07 Å². The number of carbonyl (C=O) groups excluding carboxylic acids is 1. The lowest BCUT2D eigenvalue weighted by Crippen LogP contribution is -2.43. The van der Waals surface area contributed by atoms with Crippen LogP contribution in [0, 0.1) is 6.92 Å². The van der Waals surface area contributed by atoms with Crippen LogP contribution in [0.3, 0.4) is 0 Å². The van der Waals surface area contributed by atoms with E-state index in [1.807, 2.05) is 6.92 Å². The van der Waals surface area contributed by atoms with Crippen LogP contribution in [-0.4, -0.2) is 34.7 Å². The largest absolute Gasteiger partial charge is 0.480 e. The Morgan fingerprint density at radius 2 is 2.12 bits per heavy atom. The molecular formula is C11H12ClNO4. The van der Waals surface area contributed by atoms with E-state index in [1.54, 1.807) is 12.1 Å². The van der Waals surface area contributed by atoms with Gasteiger partial charge in [0.05, 0.1) is 17.2 Å². The van der Waals surface area contributed by atoms with Crippen molar-refractivity contribution < 1.29 is 19.8 Å². The summed E-state index contributed by atoms with van der Waals surface area (Å²) in [5, 5.41) is 19.9. The van der Waals surface area contributed by atoms with Gasteiger partial charge in [-0.05, 0) is 24.6 Å². The number of carboxylic acid groups (broad SMARTS) is 1. The van der Waals surface area contributed by atoms with Gasteiger partial charge in [0.1, 0.15) is 0 Å². The number of aliphatic hydroxyl groups excluding tert-OH is 1. The van der Waals surface area contributed by atoms with Crippen LogP contribution in [0.15, 0.2) is 18.2 Å². The first kappa shape index (κ1) is 13.5. The number of nitrogens with one attached hydrogen (secondary N) is 1. The Bertz CT molecular complexity index is 447. The van der Waals surface area contributed by atoms with Crippen LogP contribution in [0.25, 0.3) is 0 Å². The summed E-state index contributed by atoms with van der Waals surface area (Å²) in [6, 6.07) is 3.46. The smallest absolute Gasteiger partial charge is 0.328 e. The van der Waals surface area contributed by atoms with Gasteiger partial charge in [0.15, 0.2) is 6.04 Å². The van der Waals surface area contributed by atoms with E-state index in [-0.39, 0.29) is 10.6 Å². The molecule has 5 nitrogen and oxygen atoms in total. The van der Waals surface area contributed by atoms with Crippen LogP contribution in [0.5, 0.6) is 0 Å². The van der Waals surface area contributed by atoms with Crippen LogP contribution in [0.1, 0.15) is 15.9 Å². The Morgan fingerprint density at radius 1 is 1.47 bits per heavy atom. The second-order valence-electron chi connectivity index (χ2n) is 3.53. The van der Waals surface area contributed by atoms with Crippen molar-refractivity contribution in [2.24, 2.45) is 0 Å². The van der Waals surface area contributed by atoms with E-state index >= 15 is 0 Å². The van der Waals surface area contributed by atoms with Crippen LogP contribution < -0.4 is 5.32 Å². The van der Waals surface area contributed by atoms with Crippen LogP contribution in [-0.2, 0) is 4.79 Å². The third-order valence-corrected chi connectivity index (χ3v) is 2.47. The molecule has 1 aromatic rings. The first-order valence-electron chi connectivity index (χ1n) is 4.86. The molecule has 1 atom stereocenters. The predicted molar refractivity (Wildman–Crippen MR) is 62.2 cm³/mol. The SMILES string of the molecule is Cc1ccc(C(=O)N[C@H](CO)C(=O)O)c(Cl)c1. The van der Waals surface area contributed by atoms with Gasteiger partial charge in [0.25, 0.3) is 5.91 Å². The molecule has 0 spiro atoms. The highest BCUT2D eigenvalue weighted by atomic mass is 35.5. The number of benzene rings is 1. The third-order valence-electron chi connectivity index (χ3n) is 2.16. The van der Waals surface area contributed by atoms with Gasteiger partial charge in [0, 0.05) is 0 Å². The number of halogens is 1. The Morgan fingerprint density at radius 3 is 2.59 bits per heavy atom. The number of rotatable bonds is 4. The molecule has 0 saturated heterocycles. The molecule has 1 rings (SSSR count). The van der Waals surface area contributed by atoms with Crippen LogP contribution in [0.4, 0.5) is 0 Å². The molecule has 0 aromatic heterocycles. The van der Waals surface area contributed by atoms with Gasteiger partial charge in [0.2, 0.25) is 0 Å². The Labute approximate surface area is 103 Å². The summed E-state index contributed by atoms with van der Waals surface area (Å²) >= 11 is 5.86. The summed E-state index contributed by atoms with van der Waals surface area (Å²) in [6.07, 6.45) is 0. The van der Waals surface area contributed by atoms with Gasteiger partial charge in [-0.3, -0.25) is 4.79 Å². The van der Waals surface area contributed by atoms with Gasteiger partial charge >= 0.3 is 5.97 Å². The lowest BCUT2D eigenvalue weighted by atomic mass is 10.1. The molecule has 0 unspecified atom stereocenters. The van der Waals surface area contributed by atoms with Crippen molar-refractivity contribution in [3.8, 4) is 0 Å². The zero-order chi connectivity index (χ0) is 13.0. The fraction of sp³-hybridized carbons (Fsp3) is 0.273. The molecular weight excluding hydrogens is 246 g/mol. The molecule has 1 aromatic carbocycles. The second kappa shape index (κ2) is 5.65. The summed E-state index contributed by atoms with van der Waals surface area (Å²) < 4.78 is 0. The topological polar surface area (TPSA) is 86.6 Å². The third kappa shape index (κ3) is 3.44. The number of hydrogen-bond donors (Lipinski definition) is 3. The lowest BCUT2D eigenvalue weighted by molar-refractivity contribution is -0.140. The van der Waals surface area contributed by atoms with E-state index < -0.39 is 24.5 Å². The number of amides is 1. The van der Waals surface area contributed by atoms with E-state index in [0.29, 0.717) is 0 Å². The first-order valence-corrected chi connectivity index (χ1v) is 5.24. The van der Waals surface area contributed by atoms with Crippen LogP contribution >= 0.6 is 11.6 Å². The quantitative estimate of drug-likeness (QED) is 0.745. The van der Waals surface area contributed by atoms with E-state index in [0.717, 1.165) is 5.56 Å². The van der Waals surface area contributed by atoms with Crippen molar-refractivity contribution >= 4 is 23.5 Å². The van der Waals surface area contributed by atoms with Crippen molar-refractivity contribution in [1.29, 1.82) is 0 Å². The minimum Gasteiger partial charge on any atom is -0.480 e. The number of aliphatic hydroxyl groups is 1.